The molecule has 1 amide bonds. The van der Waals surface area contributed by atoms with Gasteiger partial charge in [-0.15, -0.1) is 0 Å². The van der Waals surface area contributed by atoms with Crippen LogP contribution in [0.2, 0.25) is 0 Å². The van der Waals surface area contributed by atoms with E-state index in [1.54, 1.807) is 24.3 Å². The summed E-state index contributed by atoms with van der Waals surface area (Å²) >= 11 is 0. The Morgan fingerprint density at radius 1 is 0.957 bits per heavy atom. The summed E-state index contributed by atoms with van der Waals surface area (Å²) in [5.74, 6) is -1.25. The second kappa shape index (κ2) is 5.88. The van der Waals surface area contributed by atoms with Crippen molar-refractivity contribution in [3.8, 4) is 0 Å². The molecule has 114 valence electrons. The second-order valence-electron chi connectivity index (χ2n) is 5.20. The van der Waals surface area contributed by atoms with Crippen LogP contribution < -0.4 is 5.32 Å². The lowest BCUT2D eigenvalue weighted by molar-refractivity contribution is 0.0696. The fourth-order valence-electron chi connectivity index (χ4n) is 2.27. The number of aromatic carboxylic acids is 1. The van der Waals surface area contributed by atoms with Crippen molar-refractivity contribution in [2.75, 3.05) is 5.32 Å². The number of aryl methyl sites for hydroxylation is 1. The number of benzene rings is 2. The van der Waals surface area contributed by atoms with Gasteiger partial charge in [0.25, 0.3) is 5.91 Å². The normalized spacial score (nSPS) is 10.5. The molecule has 2 N–H and O–H groups in total. The number of aromatic nitrogens is 1. The summed E-state index contributed by atoms with van der Waals surface area (Å²) in [6, 6.07) is 15.2. The van der Waals surface area contributed by atoms with Crippen molar-refractivity contribution < 1.29 is 14.7 Å². The molecule has 5 nitrogen and oxygen atoms in total. The number of carboxylic acid groups (broad SMARTS) is 1. The monoisotopic (exact) mass is 306 g/mol. The number of pyridine rings is 1. The molecule has 0 saturated carbocycles. The summed E-state index contributed by atoms with van der Waals surface area (Å²) in [4.78, 5) is 27.5. The number of anilines is 1. The number of carbonyl (C=O) groups is 2. The van der Waals surface area contributed by atoms with Gasteiger partial charge in [0.05, 0.1) is 11.1 Å². The molecule has 0 aliphatic heterocycles. The zero-order chi connectivity index (χ0) is 16.4. The van der Waals surface area contributed by atoms with Crippen molar-refractivity contribution in [2.24, 2.45) is 0 Å². The molecular formula is C18H14N2O3. The lowest BCUT2D eigenvalue weighted by atomic mass is 10.1. The fraction of sp³-hybridized carbons (Fsp3) is 0.0556. The summed E-state index contributed by atoms with van der Waals surface area (Å²) in [6.07, 6.45) is 0. The smallest absolute Gasteiger partial charge is 0.335 e. The van der Waals surface area contributed by atoms with Gasteiger partial charge in [0.15, 0.2) is 0 Å². The Labute approximate surface area is 132 Å². The molecule has 0 radical (unpaired) electrons. The van der Waals surface area contributed by atoms with Crippen molar-refractivity contribution in [2.45, 2.75) is 6.92 Å². The van der Waals surface area contributed by atoms with E-state index in [-0.39, 0.29) is 11.5 Å². The molecule has 0 unspecified atom stereocenters. The van der Waals surface area contributed by atoms with Gasteiger partial charge in [0.2, 0.25) is 0 Å². The van der Waals surface area contributed by atoms with E-state index in [1.165, 1.54) is 12.1 Å². The van der Waals surface area contributed by atoms with Gasteiger partial charge >= 0.3 is 5.97 Å². The summed E-state index contributed by atoms with van der Waals surface area (Å²) in [5, 5.41) is 12.5. The Morgan fingerprint density at radius 2 is 1.65 bits per heavy atom. The topological polar surface area (TPSA) is 79.3 Å². The summed E-state index contributed by atoms with van der Waals surface area (Å²) in [6.45, 7) is 1.92. The van der Waals surface area contributed by atoms with Crippen LogP contribution in [0.3, 0.4) is 0 Å². The van der Waals surface area contributed by atoms with Crippen LogP contribution in [0.5, 0.6) is 0 Å². The third kappa shape index (κ3) is 3.18. The van der Waals surface area contributed by atoms with Crippen molar-refractivity contribution in [1.29, 1.82) is 0 Å². The SMILES string of the molecule is Cc1ccc2cc(C(=O)Nc3ccc(C(=O)O)cc3)ccc2n1. The number of fused-ring (bicyclic) bond motifs is 1. The van der Waals surface area contributed by atoms with E-state index in [9.17, 15) is 9.59 Å². The molecule has 1 aromatic heterocycles. The van der Waals surface area contributed by atoms with Gasteiger partial charge in [-0.05, 0) is 55.5 Å². The Hall–Kier alpha value is -3.21. The summed E-state index contributed by atoms with van der Waals surface area (Å²) in [7, 11) is 0. The van der Waals surface area contributed by atoms with Crippen LogP contribution in [0.4, 0.5) is 5.69 Å². The van der Waals surface area contributed by atoms with Gasteiger partial charge in [-0.1, -0.05) is 6.07 Å². The number of nitrogens with zero attached hydrogens (tertiary/aromatic N) is 1. The Bertz CT molecular complexity index is 902. The molecule has 0 bridgehead atoms. The first-order chi connectivity index (χ1) is 11.0. The zero-order valence-electron chi connectivity index (χ0n) is 12.4. The maximum Gasteiger partial charge on any atom is 0.335 e. The summed E-state index contributed by atoms with van der Waals surface area (Å²) < 4.78 is 0. The fourth-order valence-corrected chi connectivity index (χ4v) is 2.27. The Kier molecular flexibility index (Phi) is 3.76. The molecule has 23 heavy (non-hydrogen) atoms. The van der Waals surface area contributed by atoms with E-state index in [4.69, 9.17) is 5.11 Å². The lowest BCUT2D eigenvalue weighted by Crippen LogP contribution is -2.12. The molecule has 0 fully saturated rings. The average molecular weight is 306 g/mol. The van der Waals surface area contributed by atoms with E-state index in [0.717, 1.165) is 16.6 Å². The molecule has 0 aliphatic carbocycles. The van der Waals surface area contributed by atoms with E-state index in [0.29, 0.717) is 11.3 Å². The average Bonchev–Trinajstić information content (AvgIpc) is 2.54. The lowest BCUT2D eigenvalue weighted by Gasteiger charge is -2.07. The van der Waals surface area contributed by atoms with E-state index in [1.807, 2.05) is 25.1 Å². The quantitative estimate of drug-likeness (QED) is 0.776. The maximum atomic E-state index is 12.3. The van der Waals surface area contributed by atoms with Crippen LogP contribution in [0.25, 0.3) is 10.9 Å². The largest absolute Gasteiger partial charge is 0.478 e. The predicted octanol–water partition coefficient (Wildman–Crippen LogP) is 3.49. The molecule has 5 heteroatoms. The molecule has 3 rings (SSSR count). The van der Waals surface area contributed by atoms with Crippen LogP contribution in [0.1, 0.15) is 26.4 Å². The first kappa shape index (κ1) is 14.7. The van der Waals surface area contributed by atoms with Crippen molar-refractivity contribution >= 4 is 28.5 Å². The number of rotatable bonds is 3. The highest BCUT2D eigenvalue weighted by atomic mass is 16.4. The van der Waals surface area contributed by atoms with Crippen molar-refractivity contribution in [3.63, 3.8) is 0 Å². The molecule has 0 atom stereocenters. The minimum atomic E-state index is -1.000. The molecule has 3 aromatic rings. The number of carbonyl (C=O) groups excluding carboxylic acids is 1. The highest BCUT2D eigenvalue weighted by Crippen LogP contribution is 2.17. The maximum absolute atomic E-state index is 12.3. The van der Waals surface area contributed by atoms with Crippen molar-refractivity contribution in [3.05, 3.63) is 71.4 Å². The van der Waals surface area contributed by atoms with E-state index < -0.39 is 5.97 Å². The van der Waals surface area contributed by atoms with Gasteiger partial charge in [-0.2, -0.15) is 0 Å². The van der Waals surface area contributed by atoms with E-state index in [2.05, 4.69) is 10.3 Å². The van der Waals surface area contributed by atoms with Crippen LogP contribution in [-0.2, 0) is 0 Å². The number of carboxylic acids is 1. The number of hydrogen-bond acceptors (Lipinski definition) is 3. The number of hydrogen-bond donors (Lipinski definition) is 2. The first-order valence-corrected chi connectivity index (χ1v) is 7.05. The molecule has 0 spiro atoms. The predicted molar refractivity (Wildman–Crippen MR) is 87.8 cm³/mol. The Morgan fingerprint density at radius 3 is 2.35 bits per heavy atom. The number of amides is 1. The second-order valence-corrected chi connectivity index (χ2v) is 5.20. The summed E-state index contributed by atoms with van der Waals surface area (Å²) in [5.41, 5.74) is 3.00. The highest BCUT2D eigenvalue weighted by molar-refractivity contribution is 6.06. The minimum Gasteiger partial charge on any atom is -0.478 e. The van der Waals surface area contributed by atoms with Gasteiger partial charge in [-0.3, -0.25) is 9.78 Å². The molecular weight excluding hydrogens is 292 g/mol. The number of nitrogens with one attached hydrogen (secondary N) is 1. The highest BCUT2D eigenvalue weighted by Gasteiger charge is 2.08. The third-order valence-electron chi connectivity index (χ3n) is 3.48. The van der Waals surface area contributed by atoms with Crippen LogP contribution in [0.15, 0.2) is 54.6 Å². The van der Waals surface area contributed by atoms with Gasteiger partial charge < -0.3 is 10.4 Å². The van der Waals surface area contributed by atoms with E-state index >= 15 is 0 Å². The van der Waals surface area contributed by atoms with Gasteiger partial charge in [0.1, 0.15) is 0 Å². The molecule has 2 aromatic carbocycles. The minimum absolute atomic E-state index is 0.176. The third-order valence-corrected chi connectivity index (χ3v) is 3.48. The zero-order valence-corrected chi connectivity index (χ0v) is 12.4. The van der Waals surface area contributed by atoms with Crippen LogP contribution in [-0.4, -0.2) is 22.0 Å². The first-order valence-electron chi connectivity index (χ1n) is 7.05. The molecule has 0 aliphatic rings. The standard InChI is InChI=1S/C18H14N2O3/c1-11-2-3-13-10-14(6-9-16(13)19-11)17(21)20-15-7-4-12(5-8-15)18(22)23/h2-10H,1H3,(H,20,21)(H,22,23). The molecule has 1 heterocycles. The Balaban J connectivity index is 1.82. The van der Waals surface area contributed by atoms with Gasteiger partial charge in [0, 0.05) is 22.3 Å². The van der Waals surface area contributed by atoms with Gasteiger partial charge in [-0.25, -0.2) is 4.79 Å². The van der Waals surface area contributed by atoms with Crippen LogP contribution >= 0.6 is 0 Å². The molecule has 0 saturated heterocycles. The van der Waals surface area contributed by atoms with Crippen LogP contribution in [0, 0.1) is 6.92 Å². The van der Waals surface area contributed by atoms with Crippen molar-refractivity contribution in [1.82, 2.24) is 4.98 Å².